The van der Waals surface area contributed by atoms with E-state index in [1.807, 2.05) is 6.07 Å². The molecular weight excluding hydrogens is 322 g/mol. The molecule has 0 aliphatic heterocycles. The second-order valence-corrected chi connectivity index (χ2v) is 5.48. The molecule has 0 unspecified atom stereocenters. The van der Waals surface area contributed by atoms with Gasteiger partial charge in [0.05, 0.1) is 7.11 Å². The molecule has 2 N–H and O–H groups in total. The van der Waals surface area contributed by atoms with Crippen LogP contribution in [0.4, 0.5) is 0 Å². The summed E-state index contributed by atoms with van der Waals surface area (Å²) in [4.78, 5) is 24.0. The monoisotopic (exact) mass is 343 g/mol. The Morgan fingerprint density at radius 3 is 2.20 bits per heavy atom. The number of aliphatic carboxylic acids is 1. The van der Waals surface area contributed by atoms with E-state index in [0.717, 1.165) is 5.56 Å². The van der Waals surface area contributed by atoms with Crippen molar-refractivity contribution >= 4 is 11.9 Å². The van der Waals surface area contributed by atoms with Crippen molar-refractivity contribution in [3.8, 4) is 5.75 Å². The summed E-state index contributed by atoms with van der Waals surface area (Å²) in [7, 11) is 2.97. The van der Waals surface area contributed by atoms with Crippen molar-refractivity contribution in [1.29, 1.82) is 0 Å². The zero-order valence-corrected chi connectivity index (χ0v) is 14.1. The molecule has 0 fully saturated rings. The number of hydrogen-bond donors (Lipinski definition) is 2. The third-order valence-electron chi connectivity index (χ3n) is 3.79. The number of carboxylic acids is 1. The van der Waals surface area contributed by atoms with Gasteiger partial charge in [0.25, 0.3) is 5.91 Å². The molecule has 2 atom stereocenters. The van der Waals surface area contributed by atoms with Crippen LogP contribution in [0.2, 0.25) is 0 Å². The number of carbonyl (C=O) groups excluding carboxylic acids is 1. The first-order valence-electron chi connectivity index (χ1n) is 7.79. The van der Waals surface area contributed by atoms with E-state index in [1.54, 1.807) is 55.6 Å². The standard InChI is InChI=1S/C19H21NO5/c1-24-15-10-8-13(9-11-15)12-16(19(22)23)20-18(21)17(25-2)14-6-4-3-5-7-14/h3-11,16-17H,12H2,1-2H3,(H,20,21)(H,22,23)/t16-,17-/m1/s1. The number of nitrogens with one attached hydrogen (secondary N) is 1. The van der Waals surface area contributed by atoms with Crippen molar-refractivity contribution < 1.29 is 24.2 Å². The van der Waals surface area contributed by atoms with Crippen molar-refractivity contribution in [2.45, 2.75) is 18.6 Å². The average Bonchev–Trinajstić information content (AvgIpc) is 2.63. The highest BCUT2D eigenvalue weighted by molar-refractivity contribution is 5.87. The first kappa shape index (κ1) is 18.5. The fourth-order valence-electron chi connectivity index (χ4n) is 2.47. The second-order valence-electron chi connectivity index (χ2n) is 5.48. The first-order valence-corrected chi connectivity index (χ1v) is 7.79. The summed E-state index contributed by atoms with van der Waals surface area (Å²) in [6.45, 7) is 0. The molecule has 2 rings (SSSR count). The Labute approximate surface area is 146 Å². The highest BCUT2D eigenvalue weighted by atomic mass is 16.5. The Morgan fingerprint density at radius 2 is 1.68 bits per heavy atom. The van der Waals surface area contributed by atoms with Gasteiger partial charge >= 0.3 is 5.97 Å². The summed E-state index contributed by atoms with van der Waals surface area (Å²) in [5.41, 5.74) is 1.44. The van der Waals surface area contributed by atoms with Crippen LogP contribution in [-0.2, 0) is 20.7 Å². The molecule has 0 aromatic heterocycles. The third kappa shape index (κ3) is 5.06. The minimum atomic E-state index is -1.10. The number of benzene rings is 2. The van der Waals surface area contributed by atoms with Gasteiger partial charge in [0.15, 0.2) is 6.10 Å². The fourth-order valence-corrected chi connectivity index (χ4v) is 2.47. The second kappa shape index (κ2) is 8.84. The topological polar surface area (TPSA) is 84.9 Å². The lowest BCUT2D eigenvalue weighted by molar-refractivity contribution is -0.144. The summed E-state index contributed by atoms with van der Waals surface area (Å²) in [5, 5.41) is 12.0. The zero-order valence-electron chi connectivity index (χ0n) is 14.1. The van der Waals surface area contributed by atoms with E-state index in [2.05, 4.69) is 5.32 Å². The van der Waals surface area contributed by atoms with Crippen LogP contribution in [0.15, 0.2) is 54.6 Å². The maximum atomic E-state index is 12.5. The number of carbonyl (C=O) groups is 2. The molecule has 2 aromatic carbocycles. The molecule has 132 valence electrons. The molecule has 0 spiro atoms. The zero-order chi connectivity index (χ0) is 18.2. The Kier molecular flexibility index (Phi) is 6.54. The van der Waals surface area contributed by atoms with Gasteiger partial charge in [0, 0.05) is 13.5 Å². The Hall–Kier alpha value is -2.86. The van der Waals surface area contributed by atoms with Crippen LogP contribution in [0, 0.1) is 0 Å². The highest BCUT2D eigenvalue weighted by Crippen LogP contribution is 2.17. The number of rotatable bonds is 8. The molecule has 0 saturated carbocycles. The van der Waals surface area contributed by atoms with E-state index in [0.29, 0.717) is 11.3 Å². The van der Waals surface area contributed by atoms with Crippen LogP contribution in [0.25, 0.3) is 0 Å². The largest absolute Gasteiger partial charge is 0.497 e. The van der Waals surface area contributed by atoms with E-state index in [-0.39, 0.29) is 6.42 Å². The minimum absolute atomic E-state index is 0.163. The van der Waals surface area contributed by atoms with Gasteiger partial charge in [-0.3, -0.25) is 4.79 Å². The molecule has 0 bridgehead atoms. The van der Waals surface area contributed by atoms with Crippen LogP contribution in [-0.4, -0.2) is 37.2 Å². The number of carboxylic acid groups (broad SMARTS) is 1. The van der Waals surface area contributed by atoms with Gasteiger partial charge in [0.1, 0.15) is 11.8 Å². The molecule has 6 nitrogen and oxygen atoms in total. The lowest BCUT2D eigenvalue weighted by atomic mass is 10.0. The van der Waals surface area contributed by atoms with Crippen LogP contribution >= 0.6 is 0 Å². The van der Waals surface area contributed by atoms with Gasteiger partial charge in [0.2, 0.25) is 0 Å². The van der Waals surface area contributed by atoms with E-state index >= 15 is 0 Å². The number of methoxy groups -OCH3 is 2. The Bertz CT molecular complexity index is 700. The van der Waals surface area contributed by atoms with E-state index in [1.165, 1.54) is 7.11 Å². The molecule has 0 aliphatic rings. The summed E-state index contributed by atoms with van der Waals surface area (Å²) < 4.78 is 10.3. The Balaban J connectivity index is 2.09. The van der Waals surface area contributed by atoms with E-state index in [9.17, 15) is 14.7 Å². The predicted octanol–water partition coefficient (Wildman–Crippen LogP) is 2.19. The van der Waals surface area contributed by atoms with Gasteiger partial charge in [-0.05, 0) is 23.3 Å². The van der Waals surface area contributed by atoms with Crippen LogP contribution in [0.3, 0.4) is 0 Å². The van der Waals surface area contributed by atoms with Gasteiger partial charge in [-0.2, -0.15) is 0 Å². The molecule has 0 radical (unpaired) electrons. The van der Waals surface area contributed by atoms with Crippen LogP contribution < -0.4 is 10.1 Å². The number of hydrogen-bond acceptors (Lipinski definition) is 4. The molecule has 25 heavy (non-hydrogen) atoms. The van der Waals surface area contributed by atoms with Crippen molar-refractivity contribution in [2.75, 3.05) is 14.2 Å². The molecule has 1 amide bonds. The van der Waals surface area contributed by atoms with Crippen molar-refractivity contribution in [3.63, 3.8) is 0 Å². The van der Waals surface area contributed by atoms with Crippen molar-refractivity contribution in [1.82, 2.24) is 5.32 Å². The normalized spacial score (nSPS) is 12.9. The molecule has 0 saturated heterocycles. The fraction of sp³-hybridized carbons (Fsp3) is 0.263. The smallest absolute Gasteiger partial charge is 0.326 e. The Morgan fingerprint density at radius 1 is 1.04 bits per heavy atom. The van der Waals surface area contributed by atoms with Gasteiger partial charge in [-0.15, -0.1) is 0 Å². The first-order chi connectivity index (χ1) is 12.0. The van der Waals surface area contributed by atoms with Crippen molar-refractivity contribution in [3.05, 3.63) is 65.7 Å². The quantitative estimate of drug-likeness (QED) is 0.767. The summed E-state index contributed by atoms with van der Waals surface area (Å²) in [5.74, 6) is -0.912. The molecule has 6 heteroatoms. The predicted molar refractivity (Wildman–Crippen MR) is 92.5 cm³/mol. The van der Waals surface area contributed by atoms with E-state index < -0.39 is 24.0 Å². The average molecular weight is 343 g/mol. The van der Waals surface area contributed by atoms with Gasteiger partial charge in [-0.1, -0.05) is 42.5 Å². The minimum Gasteiger partial charge on any atom is -0.497 e. The molecular formula is C19H21NO5. The molecule has 0 heterocycles. The highest BCUT2D eigenvalue weighted by Gasteiger charge is 2.26. The number of amides is 1. The van der Waals surface area contributed by atoms with Crippen LogP contribution in [0.1, 0.15) is 17.2 Å². The van der Waals surface area contributed by atoms with Gasteiger partial charge < -0.3 is 19.9 Å². The summed E-state index contributed by atoms with van der Waals surface area (Å²) in [6.07, 6.45) is -0.699. The maximum absolute atomic E-state index is 12.5. The van der Waals surface area contributed by atoms with E-state index in [4.69, 9.17) is 9.47 Å². The third-order valence-corrected chi connectivity index (χ3v) is 3.79. The van der Waals surface area contributed by atoms with Crippen molar-refractivity contribution in [2.24, 2.45) is 0 Å². The summed E-state index contributed by atoms with van der Waals surface area (Å²) >= 11 is 0. The molecule has 2 aromatic rings. The van der Waals surface area contributed by atoms with Crippen LogP contribution in [0.5, 0.6) is 5.75 Å². The molecule has 0 aliphatic carbocycles. The lowest BCUT2D eigenvalue weighted by Crippen LogP contribution is -2.44. The number of ether oxygens (including phenoxy) is 2. The summed E-state index contributed by atoms with van der Waals surface area (Å²) in [6, 6.07) is 14.9. The lowest BCUT2D eigenvalue weighted by Gasteiger charge is -2.20. The SMILES string of the molecule is COc1ccc(C[C@@H](NC(=O)[C@H](OC)c2ccccc2)C(=O)O)cc1. The van der Waals surface area contributed by atoms with Gasteiger partial charge in [-0.25, -0.2) is 4.79 Å². The maximum Gasteiger partial charge on any atom is 0.326 e.